The molecule has 19 heavy (non-hydrogen) atoms. The first-order valence-corrected chi connectivity index (χ1v) is 7.13. The van der Waals surface area contributed by atoms with Gasteiger partial charge in [-0.3, -0.25) is 0 Å². The normalized spacial score (nSPS) is 11.6. The van der Waals surface area contributed by atoms with Crippen LogP contribution in [0, 0.1) is 13.8 Å². The van der Waals surface area contributed by atoms with Crippen LogP contribution in [0.3, 0.4) is 0 Å². The molecule has 102 valence electrons. The summed E-state index contributed by atoms with van der Waals surface area (Å²) in [5.74, 6) is 0.906. The molecule has 0 spiro atoms. The van der Waals surface area contributed by atoms with E-state index in [1.807, 2.05) is 52.0 Å². The molecule has 0 aliphatic rings. The molecule has 0 unspecified atom stereocenters. The zero-order valence-electron chi connectivity index (χ0n) is 11.9. The van der Waals surface area contributed by atoms with E-state index in [0.717, 1.165) is 26.9 Å². The van der Waals surface area contributed by atoms with Gasteiger partial charge in [0.2, 0.25) is 0 Å². The minimum absolute atomic E-state index is 0.345. The summed E-state index contributed by atoms with van der Waals surface area (Å²) in [6, 6.07) is 8.00. The summed E-state index contributed by atoms with van der Waals surface area (Å²) < 4.78 is 5.81. The van der Waals surface area contributed by atoms with Crippen molar-refractivity contribution in [2.75, 3.05) is 0 Å². The van der Waals surface area contributed by atoms with Crippen molar-refractivity contribution < 1.29 is 4.74 Å². The molecule has 0 atom stereocenters. The Morgan fingerprint density at radius 3 is 2.53 bits per heavy atom. The van der Waals surface area contributed by atoms with Crippen LogP contribution in [0.4, 0.5) is 0 Å². The fraction of sp³-hybridized carbons (Fsp3) is 0.400. The van der Waals surface area contributed by atoms with Gasteiger partial charge in [0, 0.05) is 10.4 Å². The summed E-state index contributed by atoms with van der Waals surface area (Å²) in [6.07, 6.45) is 0. The Labute approximate surface area is 118 Å². The number of para-hydroxylation sites is 1. The van der Waals surface area contributed by atoms with Gasteiger partial charge in [0.15, 0.2) is 0 Å². The molecule has 0 saturated carbocycles. The van der Waals surface area contributed by atoms with Gasteiger partial charge in [0.05, 0.1) is 5.69 Å². The van der Waals surface area contributed by atoms with Gasteiger partial charge in [0.25, 0.3) is 0 Å². The van der Waals surface area contributed by atoms with Crippen LogP contribution in [0.25, 0.3) is 0 Å². The number of nitrogens with zero attached hydrogens (tertiary/aromatic N) is 1. The van der Waals surface area contributed by atoms with Crippen LogP contribution in [0.2, 0.25) is 0 Å². The number of benzene rings is 1. The van der Waals surface area contributed by atoms with Crippen LogP contribution >= 0.6 is 11.3 Å². The van der Waals surface area contributed by atoms with E-state index in [0.29, 0.717) is 6.61 Å². The highest BCUT2D eigenvalue weighted by Gasteiger charge is 2.21. The second-order valence-electron chi connectivity index (χ2n) is 5.30. The molecule has 0 aliphatic heterocycles. The van der Waals surface area contributed by atoms with Gasteiger partial charge in [-0.1, -0.05) is 18.2 Å². The Bertz CT molecular complexity index is 570. The zero-order chi connectivity index (χ0) is 14.0. The molecule has 1 aromatic carbocycles. The fourth-order valence-electron chi connectivity index (χ4n) is 1.97. The predicted octanol–water partition coefficient (Wildman–Crippen LogP) is 3.53. The average Bonchev–Trinajstić information content (AvgIpc) is 2.69. The van der Waals surface area contributed by atoms with Crippen molar-refractivity contribution in [2.24, 2.45) is 5.73 Å². The molecule has 0 fully saturated rings. The third-order valence-corrected chi connectivity index (χ3v) is 4.34. The molecule has 0 aliphatic carbocycles. The Kier molecular flexibility index (Phi) is 3.92. The monoisotopic (exact) mass is 276 g/mol. The van der Waals surface area contributed by atoms with E-state index in [1.165, 1.54) is 0 Å². The van der Waals surface area contributed by atoms with Crippen LogP contribution in [-0.4, -0.2) is 4.98 Å². The maximum absolute atomic E-state index is 6.13. The molecule has 0 saturated heterocycles. The Morgan fingerprint density at radius 1 is 1.26 bits per heavy atom. The highest BCUT2D eigenvalue weighted by molar-refractivity contribution is 7.11. The van der Waals surface area contributed by atoms with Crippen molar-refractivity contribution >= 4 is 11.3 Å². The number of hydrogen-bond acceptors (Lipinski definition) is 4. The van der Waals surface area contributed by atoms with E-state index in [-0.39, 0.29) is 5.54 Å². The molecule has 0 amide bonds. The molecule has 2 rings (SSSR count). The van der Waals surface area contributed by atoms with Crippen molar-refractivity contribution in [1.82, 2.24) is 4.98 Å². The first kappa shape index (κ1) is 14.0. The van der Waals surface area contributed by atoms with E-state index < -0.39 is 0 Å². The third kappa shape index (κ3) is 3.33. The van der Waals surface area contributed by atoms with Crippen molar-refractivity contribution in [2.45, 2.75) is 39.8 Å². The Hall–Kier alpha value is -1.39. The van der Waals surface area contributed by atoms with E-state index in [4.69, 9.17) is 10.5 Å². The number of ether oxygens (including phenoxy) is 1. The molecule has 4 heteroatoms. The second kappa shape index (κ2) is 5.31. The van der Waals surface area contributed by atoms with Crippen molar-refractivity contribution in [1.29, 1.82) is 0 Å². The van der Waals surface area contributed by atoms with Crippen LogP contribution in [0.5, 0.6) is 5.75 Å². The molecule has 3 nitrogen and oxygen atoms in total. The summed E-state index contributed by atoms with van der Waals surface area (Å²) >= 11 is 1.63. The van der Waals surface area contributed by atoms with Crippen LogP contribution in [0.1, 0.15) is 35.0 Å². The third-order valence-electron chi connectivity index (χ3n) is 2.87. The minimum atomic E-state index is -0.345. The second-order valence-corrected chi connectivity index (χ2v) is 6.38. The molecule has 1 aromatic heterocycles. The van der Waals surface area contributed by atoms with E-state index >= 15 is 0 Å². The van der Waals surface area contributed by atoms with Gasteiger partial charge in [-0.15, -0.1) is 11.3 Å². The molecule has 0 radical (unpaired) electrons. The zero-order valence-corrected chi connectivity index (χ0v) is 12.7. The molecular weight excluding hydrogens is 256 g/mol. The number of aryl methyl sites for hydroxylation is 2. The summed E-state index contributed by atoms with van der Waals surface area (Å²) in [5, 5.41) is 0.967. The molecule has 1 heterocycles. The van der Waals surface area contributed by atoms with Crippen molar-refractivity contribution in [3.8, 4) is 5.75 Å². The highest BCUT2D eigenvalue weighted by atomic mass is 32.1. The lowest BCUT2D eigenvalue weighted by molar-refractivity contribution is 0.303. The van der Waals surface area contributed by atoms with Gasteiger partial charge >= 0.3 is 0 Å². The minimum Gasteiger partial charge on any atom is -0.486 e. The van der Waals surface area contributed by atoms with E-state index in [1.54, 1.807) is 11.3 Å². The summed E-state index contributed by atoms with van der Waals surface area (Å²) in [4.78, 5) is 5.66. The fourth-order valence-corrected chi connectivity index (χ4v) is 2.96. The Balaban J connectivity index is 2.11. The SMILES string of the molecule is Cc1ccccc1OCc1nc(C)c(C(C)(C)N)s1. The molecular formula is C15H20N2OS. The van der Waals surface area contributed by atoms with Crippen LogP contribution in [-0.2, 0) is 12.1 Å². The molecule has 2 aromatic rings. The van der Waals surface area contributed by atoms with E-state index in [9.17, 15) is 0 Å². The summed E-state index contributed by atoms with van der Waals surface area (Å²) in [5.41, 5.74) is 7.92. The number of rotatable bonds is 4. The topological polar surface area (TPSA) is 48.1 Å². The van der Waals surface area contributed by atoms with Crippen LogP contribution < -0.4 is 10.5 Å². The Morgan fingerprint density at radius 2 is 1.95 bits per heavy atom. The lowest BCUT2D eigenvalue weighted by atomic mass is 10.0. The largest absolute Gasteiger partial charge is 0.486 e. The maximum atomic E-state index is 6.13. The molecule has 0 bridgehead atoms. The molecule has 2 N–H and O–H groups in total. The smallest absolute Gasteiger partial charge is 0.140 e. The summed E-state index contributed by atoms with van der Waals surface area (Å²) in [7, 11) is 0. The number of hydrogen-bond donors (Lipinski definition) is 1. The van der Waals surface area contributed by atoms with Crippen molar-refractivity contribution in [3.63, 3.8) is 0 Å². The predicted molar refractivity (Wildman–Crippen MR) is 79.6 cm³/mol. The van der Waals surface area contributed by atoms with Crippen molar-refractivity contribution in [3.05, 3.63) is 45.4 Å². The average molecular weight is 276 g/mol. The van der Waals surface area contributed by atoms with E-state index in [2.05, 4.69) is 4.98 Å². The quantitative estimate of drug-likeness (QED) is 0.929. The highest BCUT2D eigenvalue weighted by Crippen LogP contribution is 2.28. The van der Waals surface area contributed by atoms with Gasteiger partial charge in [-0.25, -0.2) is 4.98 Å². The maximum Gasteiger partial charge on any atom is 0.140 e. The standard InChI is InChI=1S/C15H20N2OS/c1-10-7-5-6-8-12(10)18-9-13-17-11(2)14(19-13)15(3,4)16/h5-8H,9,16H2,1-4H3. The first-order chi connectivity index (χ1) is 8.88. The van der Waals surface area contributed by atoms with Gasteiger partial charge in [-0.05, 0) is 39.3 Å². The lowest BCUT2D eigenvalue weighted by Crippen LogP contribution is -2.28. The number of aromatic nitrogens is 1. The van der Waals surface area contributed by atoms with Gasteiger partial charge in [0.1, 0.15) is 17.4 Å². The number of nitrogens with two attached hydrogens (primary N) is 1. The lowest BCUT2D eigenvalue weighted by Gasteiger charge is -2.16. The number of thiazole rings is 1. The summed E-state index contributed by atoms with van der Waals surface area (Å²) in [6.45, 7) is 8.53. The van der Waals surface area contributed by atoms with Gasteiger partial charge < -0.3 is 10.5 Å². The van der Waals surface area contributed by atoms with Crippen LogP contribution in [0.15, 0.2) is 24.3 Å². The van der Waals surface area contributed by atoms with Gasteiger partial charge in [-0.2, -0.15) is 0 Å². The first-order valence-electron chi connectivity index (χ1n) is 6.32.